The van der Waals surface area contributed by atoms with Crippen molar-refractivity contribution in [3.05, 3.63) is 95.2 Å². The Kier molecular flexibility index (Phi) is 5.46. The topological polar surface area (TPSA) is 30.7 Å². The summed E-state index contributed by atoms with van der Waals surface area (Å²) in [7, 11) is 0. The number of nitrogens with zero attached hydrogens (tertiary/aromatic N) is 3. The lowest BCUT2D eigenvalue weighted by molar-refractivity contribution is 0.619. The number of aryl methyl sites for hydroxylation is 1. The molecule has 6 heteroatoms. The van der Waals surface area contributed by atoms with Crippen molar-refractivity contribution in [2.24, 2.45) is 0 Å². The highest BCUT2D eigenvalue weighted by molar-refractivity contribution is 7.98. The van der Waals surface area contributed by atoms with Gasteiger partial charge < -0.3 is 0 Å². The summed E-state index contributed by atoms with van der Waals surface area (Å²) in [5.74, 6) is 0.455. The van der Waals surface area contributed by atoms with E-state index in [0.717, 1.165) is 27.8 Å². The molecule has 0 amide bonds. The van der Waals surface area contributed by atoms with E-state index in [2.05, 4.69) is 9.97 Å². The van der Waals surface area contributed by atoms with Gasteiger partial charge in [0.2, 0.25) is 0 Å². The molecule has 0 aliphatic carbocycles. The standard InChI is InChI=1S/C22H17ClFN3S/c1-15-5-6-16(12-20(15)24)21-13-26-22(28-14-18-4-2-3-11-25-18)27(21)19-9-7-17(23)8-10-19/h2-13H,14H2,1H3. The first kappa shape index (κ1) is 18.7. The summed E-state index contributed by atoms with van der Waals surface area (Å²) in [5, 5.41) is 1.47. The zero-order valence-electron chi connectivity index (χ0n) is 15.1. The van der Waals surface area contributed by atoms with Crippen LogP contribution in [0.3, 0.4) is 0 Å². The molecule has 0 fully saturated rings. The molecule has 0 N–H and O–H groups in total. The lowest BCUT2D eigenvalue weighted by Crippen LogP contribution is -2.00. The van der Waals surface area contributed by atoms with E-state index in [-0.39, 0.29) is 5.82 Å². The van der Waals surface area contributed by atoms with Crippen LogP contribution in [0.25, 0.3) is 16.9 Å². The van der Waals surface area contributed by atoms with Crippen LogP contribution in [0.2, 0.25) is 5.02 Å². The van der Waals surface area contributed by atoms with Crippen LogP contribution in [0, 0.1) is 12.7 Å². The third-order valence-corrected chi connectivity index (χ3v) is 5.60. The van der Waals surface area contributed by atoms with Crippen LogP contribution in [-0.4, -0.2) is 14.5 Å². The Labute approximate surface area is 172 Å². The maximum absolute atomic E-state index is 14.2. The Hall–Kier alpha value is -2.63. The number of thioether (sulfide) groups is 1. The Morgan fingerprint density at radius 3 is 2.57 bits per heavy atom. The minimum Gasteiger partial charge on any atom is -0.287 e. The van der Waals surface area contributed by atoms with E-state index in [0.29, 0.717) is 16.3 Å². The quantitative estimate of drug-likeness (QED) is 0.361. The molecule has 0 saturated heterocycles. The van der Waals surface area contributed by atoms with Crippen LogP contribution in [-0.2, 0) is 5.75 Å². The van der Waals surface area contributed by atoms with Crippen molar-refractivity contribution in [1.29, 1.82) is 0 Å². The van der Waals surface area contributed by atoms with E-state index in [1.807, 2.05) is 53.1 Å². The normalized spacial score (nSPS) is 11.0. The number of hydrogen-bond acceptors (Lipinski definition) is 3. The van der Waals surface area contributed by atoms with Crippen molar-refractivity contribution in [2.75, 3.05) is 0 Å². The fourth-order valence-corrected chi connectivity index (χ4v) is 3.89. The van der Waals surface area contributed by atoms with Gasteiger partial charge in [-0.2, -0.15) is 0 Å². The third-order valence-electron chi connectivity index (χ3n) is 4.36. The molecule has 4 rings (SSSR count). The van der Waals surface area contributed by atoms with E-state index >= 15 is 0 Å². The lowest BCUT2D eigenvalue weighted by Gasteiger charge is -2.13. The van der Waals surface area contributed by atoms with E-state index < -0.39 is 0 Å². The van der Waals surface area contributed by atoms with Crippen molar-refractivity contribution in [3.63, 3.8) is 0 Å². The molecule has 0 aliphatic heterocycles. The van der Waals surface area contributed by atoms with Gasteiger partial charge in [0, 0.05) is 28.2 Å². The van der Waals surface area contributed by atoms with Gasteiger partial charge in [0.1, 0.15) is 5.82 Å². The van der Waals surface area contributed by atoms with Gasteiger partial charge in [0.15, 0.2) is 5.16 Å². The van der Waals surface area contributed by atoms with Crippen molar-refractivity contribution in [1.82, 2.24) is 14.5 Å². The van der Waals surface area contributed by atoms with Gasteiger partial charge in [-0.1, -0.05) is 41.6 Å². The number of aromatic nitrogens is 3. The maximum Gasteiger partial charge on any atom is 0.173 e. The molecular formula is C22H17ClFN3S. The molecule has 2 aromatic carbocycles. The van der Waals surface area contributed by atoms with Crippen LogP contribution < -0.4 is 0 Å². The summed E-state index contributed by atoms with van der Waals surface area (Å²) in [5.41, 5.74) is 4.11. The number of imidazole rings is 1. The predicted molar refractivity (Wildman–Crippen MR) is 113 cm³/mol. The first-order valence-corrected chi connectivity index (χ1v) is 10.1. The highest BCUT2D eigenvalue weighted by Crippen LogP contribution is 2.32. The summed E-state index contributed by atoms with van der Waals surface area (Å²) in [6, 6.07) is 18.6. The number of halogens is 2. The van der Waals surface area contributed by atoms with Crippen molar-refractivity contribution in [3.8, 4) is 16.9 Å². The van der Waals surface area contributed by atoms with Gasteiger partial charge in [0.05, 0.1) is 17.6 Å². The number of hydrogen-bond donors (Lipinski definition) is 0. The molecule has 0 spiro atoms. The molecule has 28 heavy (non-hydrogen) atoms. The Morgan fingerprint density at radius 2 is 1.86 bits per heavy atom. The lowest BCUT2D eigenvalue weighted by atomic mass is 10.1. The Bertz CT molecular complexity index is 1090. The zero-order chi connectivity index (χ0) is 19.5. The van der Waals surface area contributed by atoms with Gasteiger partial charge in [-0.05, 0) is 55.0 Å². The highest BCUT2D eigenvalue weighted by atomic mass is 35.5. The average molecular weight is 410 g/mol. The summed E-state index contributed by atoms with van der Waals surface area (Å²) in [6.07, 6.45) is 3.56. The molecule has 2 aromatic heterocycles. The fraction of sp³-hybridized carbons (Fsp3) is 0.0909. The van der Waals surface area contributed by atoms with Crippen LogP contribution in [0.1, 0.15) is 11.3 Å². The first-order chi connectivity index (χ1) is 13.6. The molecular weight excluding hydrogens is 393 g/mol. The smallest absolute Gasteiger partial charge is 0.173 e. The van der Waals surface area contributed by atoms with Crippen molar-refractivity contribution < 1.29 is 4.39 Å². The second kappa shape index (κ2) is 8.17. The number of pyridine rings is 1. The maximum atomic E-state index is 14.2. The molecule has 0 unspecified atom stereocenters. The third kappa shape index (κ3) is 3.96. The molecule has 0 aliphatic rings. The van der Waals surface area contributed by atoms with Gasteiger partial charge in [-0.3, -0.25) is 9.55 Å². The molecule has 140 valence electrons. The minimum absolute atomic E-state index is 0.232. The van der Waals surface area contributed by atoms with Crippen LogP contribution in [0.4, 0.5) is 4.39 Å². The van der Waals surface area contributed by atoms with Crippen LogP contribution in [0.5, 0.6) is 0 Å². The Morgan fingerprint density at radius 1 is 1.04 bits per heavy atom. The van der Waals surface area contributed by atoms with Crippen molar-refractivity contribution >= 4 is 23.4 Å². The Balaban J connectivity index is 1.76. The van der Waals surface area contributed by atoms with Gasteiger partial charge in [-0.25, -0.2) is 9.37 Å². The highest BCUT2D eigenvalue weighted by Gasteiger charge is 2.15. The molecule has 0 bridgehead atoms. The fourth-order valence-electron chi connectivity index (χ4n) is 2.85. The van der Waals surface area contributed by atoms with Gasteiger partial charge in [-0.15, -0.1) is 0 Å². The molecule has 3 nitrogen and oxygen atoms in total. The van der Waals surface area contributed by atoms with Gasteiger partial charge in [0.25, 0.3) is 0 Å². The van der Waals surface area contributed by atoms with E-state index in [9.17, 15) is 4.39 Å². The summed E-state index contributed by atoms with van der Waals surface area (Å²) in [6.45, 7) is 1.75. The van der Waals surface area contributed by atoms with Crippen LogP contribution >= 0.6 is 23.4 Å². The van der Waals surface area contributed by atoms with Crippen LogP contribution in [0.15, 0.2) is 78.2 Å². The zero-order valence-corrected chi connectivity index (χ0v) is 16.7. The molecule has 0 atom stereocenters. The SMILES string of the molecule is Cc1ccc(-c2cnc(SCc3ccccn3)n2-c2ccc(Cl)cc2)cc1F. The molecule has 4 aromatic rings. The minimum atomic E-state index is -0.232. The second-order valence-electron chi connectivity index (χ2n) is 6.31. The largest absolute Gasteiger partial charge is 0.287 e. The van der Waals surface area contributed by atoms with E-state index in [4.69, 9.17) is 11.6 Å². The first-order valence-electron chi connectivity index (χ1n) is 8.75. The summed E-state index contributed by atoms with van der Waals surface area (Å²) < 4.78 is 16.2. The predicted octanol–water partition coefficient (Wildman–Crippen LogP) is 6.33. The molecule has 2 heterocycles. The van der Waals surface area contributed by atoms with Gasteiger partial charge >= 0.3 is 0 Å². The number of benzene rings is 2. The van der Waals surface area contributed by atoms with E-state index in [1.54, 1.807) is 43.2 Å². The van der Waals surface area contributed by atoms with Crippen molar-refractivity contribution in [2.45, 2.75) is 17.8 Å². The summed E-state index contributed by atoms with van der Waals surface area (Å²) in [4.78, 5) is 8.97. The number of rotatable bonds is 5. The average Bonchev–Trinajstić information content (AvgIpc) is 3.14. The summed E-state index contributed by atoms with van der Waals surface area (Å²) >= 11 is 7.65. The van der Waals surface area contributed by atoms with E-state index in [1.165, 1.54) is 0 Å². The molecule has 0 radical (unpaired) electrons. The monoisotopic (exact) mass is 409 g/mol. The second-order valence-corrected chi connectivity index (χ2v) is 7.69. The molecule has 0 saturated carbocycles.